The number of rotatable bonds is 8. The van der Waals surface area contributed by atoms with E-state index in [4.69, 9.17) is 0 Å². The Hall–Kier alpha value is -1.86. The van der Waals surface area contributed by atoms with Gasteiger partial charge in [-0.25, -0.2) is 15.0 Å². The van der Waals surface area contributed by atoms with Gasteiger partial charge in [0.05, 0.1) is 0 Å². The van der Waals surface area contributed by atoms with Gasteiger partial charge in [0.1, 0.15) is 5.69 Å². The van der Waals surface area contributed by atoms with Crippen molar-refractivity contribution in [2.75, 3.05) is 13.2 Å². The van der Waals surface area contributed by atoms with E-state index in [0.717, 1.165) is 12.8 Å². The van der Waals surface area contributed by atoms with Gasteiger partial charge in [-0.1, -0.05) is 13.8 Å². The Morgan fingerprint density at radius 2 is 2.00 bits per heavy atom. The first-order valence-electron chi connectivity index (χ1n) is 7.76. The summed E-state index contributed by atoms with van der Waals surface area (Å²) in [6.45, 7) is 4.83. The SMILES string of the molecule is CCC(CC)(CCO)CNC(=O)c1csc(-c2ncccn2)n1. The molecule has 1 amide bonds. The summed E-state index contributed by atoms with van der Waals surface area (Å²) in [4.78, 5) is 24.9. The second-order valence-corrected chi connectivity index (χ2v) is 6.33. The van der Waals surface area contributed by atoms with Gasteiger partial charge in [0, 0.05) is 30.9 Å². The Balaban J connectivity index is 2.03. The van der Waals surface area contributed by atoms with Crippen LogP contribution >= 0.6 is 11.3 Å². The van der Waals surface area contributed by atoms with E-state index in [1.807, 2.05) is 0 Å². The predicted octanol–water partition coefficient (Wildman–Crippen LogP) is 2.52. The van der Waals surface area contributed by atoms with Crippen molar-refractivity contribution in [2.24, 2.45) is 5.41 Å². The fraction of sp³-hybridized carbons (Fsp3) is 0.500. The van der Waals surface area contributed by atoms with E-state index >= 15 is 0 Å². The van der Waals surface area contributed by atoms with Crippen molar-refractivity contribution < 1.29 is 9.90 Å². The molecule has 7 heteroatoms. The first kappa shape index (κ1) is 17.5. The molecular weight excluding hydrogens is 312 g/mol. The molecule has 2 heterocycles. The highest BCUT2D eigenvalue weighted by Crippen LogP contribution is 2.29. The number of thiazole rings is 1. The average Bonchev–Trinajstić information content (AvgIpc) is 3.09. The van der Waals surface area contributed by atoms with E-state index in [2.05, 4.69) is 34.1 Å². The van der Waals surface area contributed by atoms with Gasteiger partial charge >= 0.3 is 0 Å². The lowest BCUT2D eigenvalue weighted by atomic mass is 9.79. The molecule has 0 aromatic carbocycles. The van der Waals surface area contributed by atoms with Crippen LogP contribution in [0.2, 0.25) is 0 Å². The smallest absolute Gasteiger partial charge is 0.270 e. The first-order chi connectivity index (χ1) is 11.1. The average molecular weight is 334 g/mol. The van der Waals surface area contributed by atoms with Crippen molar-refractivity contribution >= 4 is 17.2 Å². The summed E-state index contributed by atoms with van der Waals surface area (Å²) in [5, 5.41) is 14.5. The van der Waals surface area contributed by atoms with Gasteiger partial charge in [-0.3, -0.25) is 4.79 Å². The highest BCUT2D eigenvalue weighted by Gasteiger charge is 2.26. The zero-order chi connectivity index (χ0) is 16.7. The fourth-order valence-electron chi connectivity index (χ4n) is 2.43. The molecule has 0 saturated carbocycles. The summed E-state index contributed by atoms with van der Waals surface area (Å²) in [7, 11) is 0. The molecule has 0 bridgehead atoms. The molecule has 2 N–H and O–H groups in total. The Kier molecular flexibility index (Phi) is 6.18. The molecule has 2 aromatic rings. The Morgan fingerprint density at radius 1 is 1.30 bits per heavy atom. The zero-order valence-corrected chi connectivity index (χ0v) is 14.3. The molecule has 0 saturated heterocycles. The topological polar surface area (TPSA) is 88.0 Å². The second kappa shape index (κ2) is 8.12. The Bertz CT molecular complexity index is 626. The van der Waals surface area contributed by atoms with E-state index in [9.17, 15) is 9.90 Å². The molecule has 2 rings (SSSR count). The molecule has 0 spiro atoms. The van der Waals surface area contributed by atoms with Crippen LogP contribution in [0, 0.1) is 5.41 Å². The second-order valence-electron chi connectivity index (χ2n) is 5.47. The molecule has 124 valence electrons. The van der Waals surface area contributed by atoms with Crippen molar-refractivity contribution in [3.8, 4) is 10.8 Å². The van der Waals surface area contributed by atoms with Crippen molar-refractivity contribution in [1.82, 2.24) is 20.3 Å². The van der Waals surface area contributed by atoms with Gasteiger partial charge in [0.25, 0.3) is 5.91 Å². The predicted molar refractivity (Wildman–Crippen MR) is 90.2 cm³/mol. The summed E-state index contributed by atoms with van der Waals surface area (Å²) < 4.78 is 0. The van der Waals surface area contributed by atoms with Crippen LogP contribution in [-0.4, -0.2) is 39.1 Å². The molecule has 0 unspecified atom stereocenters. The molecule has 6 nitrogen and oxygen atoms in total. The monoisotopic (exact) mass is 334 g/mol. The molecule has 0 aliphatic carbocycles. The van der Waals surface area contributed by atoms with Crippen LogP contribution in [-0.2, 0) is 0 Å². The molecular formula is C16H22N4O2S. The molecule has 0 aliphatic heterocycles. The largest absolute Gasteiger partial charge is 0.396 e. The number of nitrogens with zero attached hydrogens (tertiary/aromatic N) is 3. The van der Waals surface area contributed by atoms with Crippen LogP contribution < -0.4 is 5.32 Å². The van der Waals surface area contributed by atoms with Gasteiger partial charge in [0.2, 0.25) is 0 Å². The number of hydrogen-bond acceptors (Lipinski definition) is 6. The Morgan fingerprint density at radius 3 is 2.61 bits per heavy atom. The minimum atomic E-state index is -0.201. The highest BCUT2D eigenvalue weighted by molar-refractivity contribution is 7.13. The number of aromatic nitrogens is 3. The zero-order valence-electron chi connectivity index (χ0n) is 13.5. The maximum absolute atomic E-state index is 12.3. The Labute approximate surface area is 140 Å². The standard InChI is InChI=1S/C16H22N4O2S/c1-3-16(4-2,6-9-21)11-19-14(22)12-10-23-15(20-12)13-17-7-5-8-18-13/h5,7-8,10,21H,3-4,6,9,11H2,1-2H3,(H,19,22). The van der Waals surface area contributed by atoms with Gasteiger partial charge in [0.15, 0.2) is 10.8 Å². The van der Waals surface area contributed by atoms with E-state index in [0.29, 0.717) is 29.5 Å². The third kappa shape index (κ3) is 4.33. The third-order valence-corrected chi connectivity index (χ3v) is 5.10. The lowest BCUT2D eigenvalue weighted by Crippen LogP contribution is -2.37. The maximum atomic E-state index is 12.3. The number of aliphatic hydroxyl groups excluding tert-OH is 1. The maximum Gasteiger partial charge on any atom is 0.270 e. The van der Waals surface area contributed by atoms with E-state index < -0.39 is 0 Å². The minimum absolute atomic E-state index is 0.0637. The van der Waals surface area contributed by atoms with Gasteiger partial charge in [-0.15, -0.1) is 11.3 Å². The van der Waals surface area contributed by atoms with Crippen LogP contribution in [0.3, 0.4) is 0 Å². The molecule has 2 aromatic heterocycles. The van der Waals surface area contributed by atoms with Crippen LogP contribution in [0.4, 0.5) is 0 Å². The van der Waals surface area contributed by atoms with E-state index in [1.54, 1.807) is 23.8 Å². The number of nitrogens with one attached hydrogen (secondary N) is 1. The normalized spacial score (nSPS) is 11.4. The molecule has 0 radical (unpaired) electrons. The molecule has 23 heavy (non-hydrogen) atoms. The fourth-order valence-corrected chi connectivity index (χ4v) is 3.17. The van der Waals surface area contributed by atoms with Crippen molar-refractivity contribution in [3.05, 3.63) is 29.5 Å². The summed E-state index contributed by atoms with van der Waals surface area (Å²) in [6, 6.07) is 1.74. The summed E-state index contributed by atoms with van der Waals surface area (Å²) in [5.74, 6) is 0.320. The van der Waals surface area contributed by atoms with Crippen molar-refractivity contribution in [1.29, 1.82) is 0 Å². The number of carbonyl (C=O) groups excluding carboxylic acids is 1. The van der Waals surface area contributed by atoms with Crippen LogP contribution in [0.5, 0.6) is 0 Å². The van der Waals surface area contributed by atoms with Crippen LogP contribution in [0.1, 0.15) is 43.6 Å². The summed E-state index contributed by atoms with van der Waals surface area (Å²) in [6.07, 6.45) is 5.79. The minimum Gasteiger partial charge on any atom is -0.396 e. The van der Waals surface area contributed by atoms with Gasteiger partial charge < -0.3 is 10.4 Å². The third-order valence-electron chi connectivity index (χ3n) is 4.26. The lowest BCUT2D eigenvalue weighted by molar-refractivity contribution is 0.0903. The van der Waals surface area contributed by atoms with Gasteiger partial charge in [-0.05, 0) is 30.7 Å². The molecule has 0 aliphatic rings. The summed E-state index contributed by atoms with van der Waals surface area (Å²) in [5.41, 5.74) is 0.314. The quantitative estimate of drug-likeness (QED) is 0.774. The van der Waals surface area contributed by atoms with Crippen LogP contribution in [0.15, 0.2) is 23.8 Å². The highest BCUT2D eigenvalue weighted by atomic mass is 32.1. The number of amides is 1. The van der Waals surface area contributed by atoms with E-state index in [1.165, 1.54) is 11.3 Å². The van der Waals surface area contributed by atoms with Gasteiger partial charge in [-0.2, -0.15) is 0 Å². The van der Waals surface area contributed by atoms with Crippen LogP contribution in [0.25, 0.3) is 10.8 Å². The number of hydrogen-bond donors (Lipinski definition) is 2. The van der Waals surface area contributed by atoms with Crippen molar-refractivity contribution in [3.63, 3.8) is 0 Å². The van der Waals surface area contributed by atoms with E-state index in [-0.39, 0.29) is 17.9 Å². The first-order valence-corrected chi connectivity index (χ1v) is 8.64. The van der Waals surface area contributed by atoms with Crippen molar-refractivity contribution in [2.45, 2.75) is 33.1 Å². The molecule has 0 fully saturated rings. The number of aliphatic hydroxyl groups is 1. The lowest BCUT2D eigenvalue weighted by Gasteiger charge is -2.31. The molecule has 0 atom stereocenters. The summed E-state index contributed by atoms with van der Waals surface area (Å²) >= 11 is 1.35. The number of carbonyl (C=O) groups is 1.